The van der Waals surface area contributed by atoms with E-state index in [0.717, 1.165) is 25.7 Å². The summed E-state index contributed by atoms with van der Waals surface area (Å²) in [6.45, 7) is 3.98. The summed E-state index contributed by atoms with van der Waals surface area (Å²) in [5, 5.41) is 9.85. The van der Waals surface area contributed by atoms with Gasteiger partial charge in [-0.3, -0.25) is 0 Å². The minimum absolute atomic E-state index is 0.0764. The van der Waals surface area contributed by atoms with Crippen LogP contribution in [0.5, 0.6) is 0 Å². The highest BCUT2D eigenvalue weighted by molar-refractivity contribution is 5.14. The molecule has 0 aromatic carbocycles. The summed E-state index contributed by atoms with van der Waals surface area (Å²) in [7, 11) is 0. The molecule has 2 unspecified atom stereocenters. The summed E-state index contributed by atoms with van der Waals surface area (Å²) in [5.74, 6) is 6.15. The van der Waals surface area contributed by atoms with Crippen LogP contribution in [-0.4, -0.2) is 11.2 Å². The van der Waals surface area contributed by atoms with Crippen LogP contribution in [0.25, 0.3) is 0 Å². The van der Waals surface area contributed by atoms with Gasteiger partial charge in [0.05, 0.1) is 11.5 Å². The zero-order valence-electron chi connectivity index (χ0n) is 8.06. The summed E-state index contributed by atoms with van der Waals surface area (Å²) in [4.78, 5) is 0. The summed E-state index contributed by atoms with van der Waals surface area (Å²) < 4.78 is 0. The zero-order valence-corrected chi connectivity index (χ0v) is 8.06. The van der Waals surface area contributed by atoms with E-state index < -0.39 is 0 Å². The van der Waals surface area contributed by atoms with Gasteiger partial charge in [-0.2, -0.15) is 0 Å². The smallest absolute Gasteiger partial charge is 0.0705 e. The summed E-state index contributed by atoms with van der Waals surface area (Å²) in [5.41, 5.74) is -0.0764. The van der Waals surface area contributed by atoms with Gasteiger partial charge in [-0.15, -0.1) is 5.92 Å². The van der Waals surface area contributed by atoms with Crippen molar-refractivity contribution in [1.82, 2.24) is 0 Å². The molecule has 0 radical (unpaired) electrons. The second-order valence-corrected chi connectivity index (χ2v) is 3.65. The van der Waals surface area contributed by atoms with Gasteiger partial charge in [0.15, 0.2) is 0 Å². The van der Waals surface area contributed by atoms with Crippen molar-refractivity contribution in [3.8, 4) is 11.8 Å². The third-order valence-corrected chi connectivity index (χ3v) is 2.99. The molecule has 1 aliphatic carbocycles. The fourth-order valence-corrected chi connectivity index (χ4v) is 2.12. The number of hydrogen-bond acceptors (Lipinski definition) is 1. The molecule has 1 fully saturated rings. The van der Waals surface area contributed by atoms with E-state index in [9.17, 15) is 5.11 Å². The van der Waals surface area contributed by atoms with E-state index in [1.807, 2.05) is 6.92 Å². The van der Waals surface area contributed by atoms with E-state index in [1.165, 1.54) is 6.42 Å². The van der Waals surface area contributed by atoms with Crippen LogP contribution in [0.15, 0.2) is 0 Å². The lowest BCUT2D eigenvalue weighted by atomic mass is 9.70. The van der Waals surface area contributed by atoms with Crippen molar-refractivity contribution in [1.29, 1.82) is 0 Å². The first kappa shape index (κ1) is 9.61. The second kappa shape index (κ2) is 3.96. The predicted molar refractivity (Wildman–Crippen MR) is 50.6 cm³/mol. The monoisotopic (exact) mass is 166 g/mol. The Hall–Kier alpha value is -0.480. The molecule has 1 nitrogen and oxygen atoms in total. The third kappa shape index (κ3) is 1.64. The maximum Gasteiger partial charge on any atom is 0.0705 e. The van der Waals surface area contributed by atoms with Crippen LogP contribution in [0.3, 0.4) is 0 Å². The number of rotatable bonds is 1. The fourth-order valence-electron chi connectivity index (χ4n) is 2.12. The van der Waals surface area contributed by atoms with Crippen molar-refractivity contribution in [3.63, 3.8) is 0 Å². The molecule has 1 rings (SSSR count). The average Bonchev–Trinajstić information content (AvgIpc) is 2.10. The normalized spacial score (nSPS) is 35.4. The van der Waals surface area contributed by atoms with E-state index in [1.54, 1.807) is 0 Å². The average molecular weight is 166 g/mol. The minimum atomic E-state index is -0.191. The summed E-state index contributed by atoms with van der Waals surface area (Å²) in [6, 6.07) is 0. The van der Waals surface area contributed by atoms with Crippen LogP contribution in [0, 0.1) is 17.3 Å². The lowest BCUT2D eigenvalue weighted by Gasteiger charge is -2.36. The molecule has 1 saturated carbocycles. The predicted octanol–water partition coefficient (Wildman–Crippen LogP) is 2.34. The van der Waals surface area contributed by atoms with Crippen molar-refractivity contribution in [2.45, 2.75) is 52.1 Å². The Labute approximate surface area is 75.2 Å². The molecule has 12 heavy (non-hydrogen) atoms. The number of aliphatic hydroxyl groups is 1. The molecule has 0 aromatic rings. The Morgan fingerprint density at radius 2 is 2.25 bits per heavy atom. The molecule has 0 amide bonds. The minimum Gasteiger partial charge on any atom is -0.392 e. The quantitative estimate of drug-likeness (QED) is 0.593. The molecular weight excluding hydrogens is 148 g/mol. The van der Waals surface area contributed by atoms with Gasteiger partial charge in [0.2, 0.25) is 0 Å². The van der Waals surface area contributed by atoms with E-state index in [0.29, 0.717) is 0 Å². The number of aliphatic hydroxyl groups excluding tert-OH is 1. The van der Waals surface area contributed by atoms with Crippen molar-refractivity contribution in [2.24, 2.45) is 5.41 Å². The molecule has 0 spiro atoms. The molecule has 0 saturated heterocycles. The lowest BCUT2D eigenvalue weighted by molar-refractivity contribution is 0.0249. The molecule has 0 aliphatic heterocycles. The van der Waals surface area contributed by atoms with Crippen LogP contribution >= 0.6 is 0 Å². The molecule has 1 aliphatic rings. The van der Waals surface area contributed by atoms with Gasteiger partial charge in [0, 0.05) is 0 Å². The Morgan fingerprint density at radius 1 is 1.50 bits per heavy atom. The molecule has 0 bridgehead atoms. The van der Waals surface area contributed by atoms with E-state index >= 15 is 0 Å². The van der Waals surface area contributed by atoms with Crippen LogP contribution in [-0.2, 0) is 0 Å². The van der Waals surface area contributed by atoms with Gasteiger partial charge in [-0.05, 0) is 26.2 Å². The van der Waals surface area contributed by atoms with E-state index in [-0.39, 0.29) is 11.5 Å². The van der Waals surface area contributed by atoms with Crippen molar-refractivity contribution in [2.75, 3.05) is 0 Å². The molecule has 1 N–H and O–H groups in total. The van der Waals surface area contributed by atoms with Crippen LogP contribution in [0.2, 0.25) is 0 Å². The molecule has 1 heteroatoms. The molecular formula is C11H18O. The van der Waals surface area contributed by atoms with Gasteiger partial charge in [-0.1, -0.05) is 25.7 Å². The summed E-state index contributed by atoms with van der Waals surface area (Å²) in [6.07, 6.45) is 5.18. The largest absolute Gasteiger partial charge is 0.392 e. The van der Waals surface area contributed by atoms with Crippen molar-refractivity contribution in [3.05, 3.63) is 0 Å². The molecule has 68 valence electrons. The molecule has 0 aromatic heterocycles. The standard InChI is InChI=1S/C11H18O/c1-3-8-11(4-2)9-6-5-7-10(11)12/h10,12H,4-7,9H2,1-2H3. The van der Waals surface area contributed by atoms with Crippen LogP contribution in [0.4, 0.5) is 0 Å². The first-order chi connectivity index (χ1) is 5.75. The SMILES string of the molecule is CC#CC1(CC)CCCCC1O. The van der Waals surface area contributed by atoms with Crippen molar-refractivity contribution < 1.29 is 5.11 Å². The highest BCUT2D eigenvalue weighted by Gasteiger charge is 2.36. The van der Waals surface area contributed by atoms with Gasteiger partial charge >= 0.3 is 0 Å². The van der Waals surface area contributed by atoms with Gasteiger partial charge in [0.1, 0.15) is 0 Å². The van der Waals surface area contributed by atoms with Gasteiger partial charge in [-0.25, -0.2) is 0 Å². The molecule has 0 heterocycles. The van der Waals surface area contributed by atoms with Crippen molar-refractivity contribution >= 4 is 0 Å². The Kier molecular flexibility index (Phi) is 3.17. The van der Waals surface area contributed by atoms with Gasteiger partial charge in [0.25, 0.3) is 0 Å². The Balaban J connectivity index is 2.78. The highest BCUT2D eigenvalue weighted by atomic mass is 16.3. The van der Waals surface area contributed by atoms with Gasteiger partial charge < -0.3 is 5.11 Å². The maximum absolute atomic E-state index is 9.85. The Morgan fingerprint density at radius 3 is 2.75 bits per heavy atom. The molecule has 2 atom stereocenters. The highest BCUT2D eigenvalue weighted by Crippen LogP contribution is 2.38. The van der Waals surface area contributed by atoms with E-state index in [4.69, 9.17) is 0 Å². The van der Waals surface area contributed by atoms with E-state index in [2.05, 4.69) is 18.8 Å². The summed E-state index contributed by atoms with van der Waals surface area (Å²) >= 11 is 0. The zero-order chi connectivity index (χ0) is 9.03. The maximum atomic E-state index is 9.85. The topological polar surface area (TPSA) is 20.2 Å². The van der Waals surface area contributed by atoms with Crippen LogP contribution in [0.1, 0.15) is 46.0 Å². The first-order valence-corrected chi connectivity index (χ1v) is 4.87. The van der Waals surface area contributed by atoms with Crippen LogP contribution < -0.4 is 0 Å². The third-order valence-electron chi connectivity index (χ3n) is 2.99. The fraction of sp³-hybridized carbons (Fsp3) is 0.818. The second-order valence-electron chi connectivity index (χ2n) is 3.65. The Bertz CT molecular complexity index is 199. The first-order valence-electron chi connectivity index (χ1n) is 4.87. The number of hydrogen-bond donors (Lipinski definition) is 1. The lowest BCUT2D eigenvalue weighted by Crippen LogP contribution is -2.36.